The van der Waals surface area contributed by atoms with Crippen LogP contribution < -0.4 is 10.1 Å². The molecule has 2 aromatic rings. The molecule has 0 radical (unpaired) electrons. The number of carbonyl (C=O) groups is 1. The molecular formula is C18H15FN2O2. The van der Waals surface area contributed by atoms with Crippen molar-refractivity contribution in [1.82, 2.24) is 0 Å². The summed E-state index contributed by atoms with van der Waals surface area (Å²) in [4.78, 5) is 12.1. The number of anilines is 1. The minimum Gasteiger partial charge on any atom is -0.494 e. The SMILES string of the molecule is CCOc1cccc(/C=C(\C#N)C(=O)Nc2ccc(F)cc2)c1. The van der Waals surface area contributed by atoms with Crippen LogP contribution in [0, 0.1) is 17.1 Å². The molecule has 1 amide bonds. The van der Waals surface area contributed by atoms with Crippen molar-refractivity contribution in [3.63, 3.8) is 0 Å². The van der Waals surface area contributed by atoms with Crippen molar-refractivity contribution in [2.24, 2.45) is 0 Å². The van der Waals surface area contributed by atoms with E-state index in [1.807, 2.05) is 13.0 Å². The number of nitrogens with zero attached hydrogens (tertiary/aromatic N) is 1. The topological polar surface area (TPSA) is 62.1 Å². The maximum atomic E-state index is 12.8. The molecule has 0 fully saturated rings. The maximum absolute atomic E-state index is 12.8. The molecule has 0 saturated carbocycles. The largest absolute Gasteiger partial charge is 0.494 e. The molecule has 116 valence electrons. The number of carbonyl (C=O) groups excluding carboxylic acids is 1. The number of benzene rings is 2. The van der Waals surface area contributed by atoms with E-state index in [1.54, 1.807) is 24.3 Å². The van der Waals surface area contributed by atoms with Gasteiger partial charge in [-0.2, -0.15) is 5.26 Å². The fourth-order valence-corrected chi connectivity index (χ4v) is 1.91. The molecule has 0 aromatic heterocycles. The van der Waals surface area contributed by atoms with Crippen molar-refractivity contribution < 1.29 is 13.9 Å². The molecule has 2 rings (SSSR count). The smallest absolute Gasteiger partial charge is 0.266 e. The van der Waals surface area contributed by atoms with Gasteiger partial charge in [0.2, 0.25) is 0 Å². The van der Waals surface area contributed by atoms with Crippen LogP contribution in [-0.4, -0.2) is 12.5 Å². The quantitative estimate of drug-likeness (QED) is 0.675. The zero-order valence-electron chi connectivity index (χ0n) is 12.5. The summed E-state index contributed by atoms with van der Waals surface area (Å²) in [6.07, 6.45) is 1.47. The third kappa shape index (κ3) is 4.68. The van der Waals surface area contributed by atoms with Gasteiger partial charge in [-0.05, 0) is 55.0 Å². The van der Waals surface area contributed by atoms with Crippen molar-refractivity contribution in [2.45, 2.75) is 6.92 Å². The molecule has 0 heterocycles. The van der Waals surface area contributed by atoms with Crippen LogP contribution in [0.5, 0.6) is 5.75 Å². The summed E-state index contributed by atoms with van der Waals surface area (Å²) in [5, 5.41) is 11.7. The van der Waals surface area contributed by atoms with Gasteiger partial charge in [-0.1, -0.05) is 12.1 Å². The molecule has 0 saturated heterocycles. The van der Waals surface area contributed by atoms with E-state index in [-0.39, 0.29) is 5.57 Å². The van der Waals surface area contributed by atoms with Gasteiger partial charge < -0.3 is 10.1 Å². The van der Waals surface area contributed by atoms with Gasteiger partial charge in [0, 0.05) is 5.69 Å². The Hall–Kier alpha value is -3.13. The number of ether oxygens (including phenoxy) is 1. The standard InChI is InChI=1S/C18H15FN2O2/c1-2-23-17-5-3-4-13(11-17)10-14(12-20)18(22)21-16-8-6-15(19)7-9-16/h3-11H,2H2,1H3,(H,21,22)/b14-10+. The fraction of sp³-hybridized carbons (Fsp3) is 0.111. The van der Waals surface area contributed by atoms with Crippen LogP contribution in [-0.2, 0) is 4.79 Å². The highest BCUT2D eigenvalue weighted by atomic mass is 19.1. The second-order valence-corrected chi connectivity index (χ2v) is 4.64. The molecule has 23 heavy (non-hydrogen) atoms. The van der Waals surface area contributed by atoms with Gasteiger partial charge >= 0.3 is 0 Å². The summed E-state index contributed by atoms with van der Waals surface area (Å²) in [6, 6.07) is 14.3. The third-order valence-electron chi connectivity index (χ3n) is 2.95. The van der Waals surface area contributed by atoms with E-state index in [0.29, 0.717) is 23.6 Å². The van der Waals surface area contributed by atoms with Gasteiger partial charge in [0.05, 0.1) is 6.61 Å². The lowest BCUT2D eigenvalue weighted by atomic mass is 10.1. The first-order valence-electron chi connectivity index (χ1n) is 7.04. The van der Waals surface area contributed by atoms with Crippen LogP contribution in [0.4, 0.5) is 10.1 Å². The summed E-state index contributed by atoms with van der Waals surface area (Å²) in [5.41, 5.74) is 1.05. The Morgan fingerprint density at radius 1 is 1.30 bits per heavy atom. The van der Waals surface area contributed by atoms with E-state index in [9.17, 15) is 14.4 Å². The summed E-state index contributed by atoms with van der Waals surface area (Å²) < 4.78 is 18.2. The van der Waals surface area contributed by atoms with Gasteiger partial charge in [0.1, 0.15) is 23.2 Å². The highest BCUT2D eigenvalue weighted by Crippen LogP contribution is 2.17. The molecule has 0 spiro atoms. The van der Waals surface area contributed by atoms with Crippen LogP contribution in [0.2, 0.25) is 0 Å². The van der Waals surface area contributed by atoms with Crippen LogP contribution in [0.25, 0.3) is 6.08 Å². The van der Waals surface area contributed by atoms with Crippen LogP contribution >= 0.6 is 0 Å². The fourth-order valence-electron chi connectivity index (χ4n) is 1.91. The Balaban J connectivity index is 2.18. The highest BCUT2D eigenvalue weighted by Gasteiger charge is 2.09. The molecule has 0 atom stereocenters. The highest BCUT2D eigenvalue weighted by molar-refractivity contribution is 6.09. The summed E-state index contributed by atoms with van der Waals surface area (Å²) in [7, 11) is 0. The van der Waals surface area contributed by atoms with Gasteiger partial charge in [0.15, 0.2) is 0 Å². The van der Waals surface area contributed by atoms with Gasteiger partial charge in [-0.15, -0.1) is 0 Å². The molecule has 4 nitrogen and oxygen atoms in total. The first kappa shape index (κ1) is 16.2. The van der Waals surface area contributed by atoms with E-state index in [1.165, 1.54) is 30.3 Å². The second-order valence-electron chi connectivity index (χ2n) is 4.64. The molecule has 1 N–H and O–H groups in total. The lowest BCUT2D eigenvalue weighted by Crippen LogP contribution is -2.13. The first-order valence-corrected chi connectivity index (χ1v) is 7.04. The maximum Gasteiger partial charge on any atom is 0.266 e. The van der Waals surface area contributed by atoms with Crippen molar-refractivity contribution in [3.8, 4) is 11.8 Å². The number of hydrogen-bond acceptors (Lipinski definition) is 3. The number of halogens is 1. The first-order chi connectivity index (χ1) is 11.1. The lowest BCUT2D eigenvalue weighted by Gasteiger charge is -2.05. The predicted molar refractivity (Wildman–Crippen MR) is 86.2 cm³/mol. The average Bonchev–Trinajstić information content (AvgIpc) is 2.55. The number of nitriles is 1. The minimum atomic E-state index is -0.555. The second kappa shape index (κ2) is 7.76. The Bertz CT molecular complexity index is 761. The Labute approximate surface area is 133 Å². The van der Waals surface area contributed by atoms with Gasteiger partial charge in [-0.3, -0.25) is 4.79 Å². The summed E-state index contributed by atoms with van der Waals surface area (Å²) in [5.74, 6) is -0.287. The minimum absolute atomic E-state index is 0.0528. The molecule has 0 bridgehead atoms. The Morgan fingerprint density at radius 3 is 2.70 bits per heavy atom. The number of amides is 1. The number of nitrogens with one attached hydrogen (secondary N) is 1. The van der Waals surface area contributed by atoms with Crippen molar-refractivity contribution in [2.75, 3.05) is 11.9 Å². The van der Waals surface area contributed by atoms with Crippen LogP contribution in [0.3, 0.4) is 0 Å². The molecule has 0 aliphatic heterocycles. The van der Waals surface area contributed by atoms with Crippen molar-refractivity contribution in [1.29, 1.82) is 5.26 Å². The molecule has 5 heteroatoms. The zero-order valence-corrected chi connectivity index (χ0v) is 12.5. The zero-order chi connectivity index (χ0) is 16.7. The van der Waals surface area contributed by atoms with E-state index >= 15 is 0 Å². The molecule has 2 aromatic carbocycles. The normalized spacial score (nSPS) is 10.7. The average molecular weight is 310 g/mol. The van der Waals surface area contributed by atoms with Crippen LogP contribution in [0.15, 0.2) is 54.1 Å². The summed E-state index contributed by atoms with van der Waals surface area (Å²) >= 11 is 0. The summed E-state index contributed by atoms with van der Waals surface area (Å²) in [6.45, 7) is 2.41. The van der Waals surface area contributed by atoms with E-state index in [4.69, 9.17) is 4.74 Å². The predicted octanol–water partition coefficient (Wildman–Crippen LogP) is 3.77. The lowest BCUT2D eigenvalue weighted by molar-refractivity contribution is -0.112. The Morgan fingerprint density at radius 2 is 2.04 bits per heavy atom. The Kier molecular flexibility index (Phi) is 5.48. The van der Waals surface area contributed by atoms with Crippen molar-refractivity contribution in [3.05, 3.63) is 65.5 Å². The molecule has 0 aliphatic rings. The van der Waals surface area contributed by atoms with E-state index < -0.39 is 11.7 Å². The number of rotatable bonds is 5. The van der Waals surface area contributed by atoms with Gasteiger partial charge in [-0.25, -0.2) is 4.39 Å². The molecule has 0 aliphatic carbocycles. The molecule has 0 unspecified atom stereocenters. The van der Waals surface area contributed by atoms with E-state index in [2.05, 4.69) is 5.32 Å². The molecular weight excluding hydrogens is 295 g/mol. The third-order valence-corrected chi connectivity index (χ3v) is 2.95. The monoisotopic (exact) mass is 310 g/mol. The van der Waals surface area contributed by atoms with Crippen LogP contribution in [0.1, 0.15) is 12.5 Å². The van der Waals surface area contributed by atoms with Gasteiger partial charge in [0.25, 0.3) is 5.91 Å². The van der Waals surface area contributed by atoms with Crippen molar-refractivity contribution >= 4 is 17.7 Å². The number of hydrogen-bond donors (Lipinski definition) is 1. The van der Waals surface area contributed by atoms with E-state index in [0.717, 1.165) is 0 Å².